The number of H-pyrrole nitrogens is 4. The summed E-state index contributed by atoms with van der Waals surface area (Å²) in [7, 11) is 0. The summed E-state index contributed by atoms with van der Waals surface area (Å²) in [5, 5.41) is 60.1. The van der Waals surface area contributed by atoms with Crippen molar-refractivity contribution >= 4 is 145 Å². The quantitative estimate of drug-likeness (QED) is 0.0146. The molecule has 130 heavy (non-hydrogen) atoms. The van der Waals surface area contributed by atoms with Gasteiger partial charge in [0.15, 0.2) is 17.9 Å². The molecule has 39 nitrogen and oxygen atoms in total. The topological polar surface area (TPSA) is 647 Å². The molecular weight excluding hydrogens is 1690 g/mol. The first-order valence-electron chi connectivity index (χ1n) is 44.4. The van der Waals surface area contributed by atoms with E-state index in [0.717, 1.165) is 21.7 Å². The Kier molecular flexibility index (Phi) is 37.7. The van der Waals surface area contributed by atoms with Crippen LogP contribution in [0.15, 0.2) is 122 Å². The smallest absolute Gasteiger partial charge is 0.246 e. The Labute approximate surface area is 760 Å². The minimum atomic E-state index is -1.48. The molecule has 6 heterocycles. The van der Waals surface area contributed by atoms with Crippen molar-refractivity contribution in [3.63, 3.8) is 0 Å². The Morgan fingerprint density at radius 1 is 0.400 bits per heavy atom. The number of carbonyl (C=O) groups excluding carboxylic acids is 12. The standard InChI is InChI=1S/C90H127N27O12.ClH/c1-5-51(4)75(92)85(127)113-68(41-50(2)3)80(122)109-67(32-18-38-102-90(98)99)79(121)114-71(44-54-48-105-62-27-12-8-23-58(54)62)86(128)116-39-19-34-74(116)84(126)112-70(43-53-47-104-61-26-11-7-22-57(53)61)82(124)115-72(45-55-49-106-63-28-13-9-24-59(55)63)87(129)117-40-20-33-73(117)83(125)111-69(42-52-46-103-60-25-10-6-21-56(52)60)81(123)110-66(31-17-37-101-89(96)97)78(120)108-65(30-16-36-100-88(94)95)77(119)107-64(76(93)118)29-14-15-35-91;/h6-13,21-28,46-51,64-75,103-106H,5,14-20,29-45,91-92H2,1-4H3,(H2,93,118)(H,107,119)(H,108,120)(H,109,122)(H,110,123)(H,111,125)(H,112,126)(H,113,127)(H,114,121)(H,115,124)(H4,94,95,100)(H4,96,97,101)(H4,98,99,102);1H/t51-,64-,65-,66-,67-,68-,69-,70-,71-,72-,73-,74-,75-;/m0./s1. The highest BCUT2D eigenvalue weighted by Crippen LogP contribution is 2.29. The third kappa shape index (κ3) is 27.9. The van der Waals surface area contributed by atoms with E-state index in [1.54, 1.807) is 30.9 Å². The lowest BCUT2D eigenvalue weighted by atomic mass is 9.97. The number of benzene rings is 4. The minimum Gasteiger partial charge on any atom is -0.370 e. The molecule has 10 rings (SSSR count). The fraction of sp³-hybridized carbons (Fsp3) is 0.478. The number of aromatic nitrogens is 4. The molecule has 40 heteroatoms. The molecule has 13 atom stereocenters. The molecule has 0 bridgehead atoms. The third-order valence-electron chi connectivity index (χ3n) is 23.9. The molecule has 2 aliphatic heterocycles. The minimum absolute atomic E-state index is 0. The van der Waals surface area contributed by atoms with Gasteiger partial charge in [-0.15, -0.1) is 12.4 Å². The second-order valence-electron chi connectivity index (χ2n) is 33.9. The Morgan fingerprint density at radius 2 is 0.700 bits per heavy atom. The maximum absolute atomic E-state index is 16.1. The van der Waals surface area contributed by atoms with E-state index < -0.39 is 143 Å². The van der Waals surface area contributed by atoms with Crippen LogP contribution in [-0.4, -0.2) is 230 Å². The van der Waals surface area contributed by atoms with E-state index >= 15 is 33.6 Å². The van der Waals surface area contributed by atoms with Gasteiger partial charge in [0.1, 0.15) is 66.5 Å². The van der Waals surface area contributed by atoms with Crippen molar-refractivity contribution < 1.29 is 57.5 Å². The number of likely N-dealkylation sites (tertiary alicyclic amines) is 2. The Morgan fingerprint density at radius 3 is 1.02 bits per heavy atom. The number of carbonyl (C=O) groups is 12. The number of rotatable bonds is 49. The molecule has 8 aromatic rings. The number of amides is 12. The van der Waals surface area contributed by atoms with E-state index in [-0.39, 0.29) is 171 Å². The summed E-state index contributed by atoms with van der Waals surface area (Å²) in [4.78, 5) is 195. The van der Waals surface area contributed by atoms with Gasteiger partial charge >= 0.3 is 0 Å². The Bertz CT molecular complexity index is 5280. The van der Waals surface area contributed by atoms with Crippen molar-refractivity contribution in [2.24, 2.45) is 46.2 Å². The zero-order valence-corrected chi connectivity index (χ0v) is 74.8. The summed E-state index contributed by atoms with van der Waals surface area (Å²) in [6.45, 7) is 8.15. The van der Waals surface area contributed by atoms with E-state index in [4.69, 9.17) is 50.6 Å². The molecule has 2 aliphatic rings. The van der Waals surface area contributed by atoms with Gasteiger partial charge in [0.25, 0.3) is 0 Å². The highest BCUT2D eigenvalue weighted by molar-refractivity contribution is 6.02. The van der Waals surface area contributed by atoms with Crippen LogP contribution >= 0.6 is 12.4 Å². The van der Waals surface area contributed by atoms with Crippen molar-refractivity contribution in [1.29, 1.82) is 16.2 Å². The summed E-state index contributed by atoms with van der Waals surface area (Å²) in [5.74, 6) is -10.3. The largest absolute Gasteiger partial charge is 0.370 e. The van der Waals surface area contributed by atoms with E-state index in [1.165, 1.54) is 9.80 Å². The second kappa shape index (κ2) is 48.8. The Hall–Kier alpha value is -13.3. The van der Waals surface area contributed by atoms with Crippen LogP contribution in [0.1, 0.15) is 146 Å². The molecule has 2 saturated heterocycles. The number of nitrogens with two attached hydrogens (primary N) is 6. The number of hydrogen-bond acceptors (Lipinski definition) is 17. The maximum atomic E-state index is 16.1. The summed E-state index contributed by atoms with van der Waals surface area (Å²) in [5.41, 5.74) is 40.0. The fourth-order valence-corrected chi connectivity index (χ4v) is 16.7. The van der Waals surface area contributed by atoms with Crippen LogP contribution in [0.25, 0.3) is 43.6 Å². The number of hydrogen-bond donors (Lipinski definition) is 25. The first kappa shape index (κ1) is 100. The number of aromatic amines is 4. The predicted molar refractivity (Wildman–Crippen MR) is 499 cm³/mol. The molecule has 12 amide bonds. The summed E-state index contributed by atoms with van der Waals surface area (Å²) < 4.78 is 0. The van der Waals surface area contributed by atoms with Crippen LogP contribution < -0.4 is 98.2 Å². The molecule has 31 N–H and O–H groups in total. The maximum Gasteiger partial charge on any atom is 0.246 e. The molecule has 0 spiro atoms. The van der Waals surface area contributed by atoms with Gasteiger partial charge in [0, 0.05) is 127 Å². The van der Waals surface area contributed by atoms with Crippen LogP contribution in [0.5, 0.6) is 0 Å². The van der Waals surface area contributed by atoms with Crippen LogP contribution in [-0.2, 0) is 83.2 Å². The predicted octanol–water partition coefficient (Wildman–Crippen LogP) is 1.47. The van der Waals surface area contributed by atoms with Gasteiger partial charge in [-0.1, -0.05) is 107 Å². The summed E-state index contributed by atoms with van der Waals surface area (Å²) >= 11 is 0. The van der Waals surface area contributed by atoms with Gasteiger partial charge in [-0.05, 0) is 155 Å². The van der Waals surface area contributed by atoms with Gasteiger partial charge in [0.05, 0.1) is 6.04 Å². The number of para-hydroxylation sites is 4. The van der Waals surface area contributed by atoms with Gasteiger partial charge in [-0.2, -0.15) is 0 Å². The zero-order valence-electron chi connectivity index (χ0n) is 74.0. The first-order chi connectivity index (χ1) is 61.9. The number of halogens is 1. The third-order valence-corrected chi connectivity index (χ3v) is 23.9. The summed E-state index contributed by atoms with van der Waals surface area (Å²) in [6.07, 6.45) is 9.27. The van der Waals surface area contributed by atoms with E-state index in [2.05, 4.69) is 83.7 Å². The monoisotopic (exact) mass is 1810 g/mol. The zero-order chi connectivity index (χ0) is 93.0. The number of primary amides is 1. The highest BCUT2D eigenvalue weighted by Gasteiger charge is 2.44. The first-order valence-corrected chi connectivity index (χ1v) is 44.4. The van der Waals surface area contributed by atoms with Crippen molar-refractivity contribution in [1.82, 2.24) is 93.5 Å². The lowest BCUT2D eigenvalue weighted by Gasteiger charge is -2.32. The second-order valence-corrected chi connectivity index (χ2v) is 33.9. The average molecular weight is 1820 g/mol. The lowest BCUT2D eigenvalue weighted by molar-refractivity contribution is -0.143. The number of nitrogens with zero attached hydrogens (tertiary/aromatic N) is 2. The fourth-order valence-electron chi connectivity index (χ4n) is 16.7. The number of nitrogens with one attached hydrogen (secondary N) is 19. The van der Waals surface area contributed by atoms with E-state index in [9.17, 15) is 24.0 Å². The number of fused-ring (bicyclic) bond motifs is 4. The molecule has 702 valence electrons. The van der Waals surface area contributed by atoms with Crippen molar-refractivity contribution in [2.45, 2.75) is 222 Å². The van der Waals surface area contributed by atoms with E-state index in [0.29, 0.717) is 76.4 Å². The van der Waals surface area contributed by atoms with Crippen molar-refractivity contribution in [3.05, 3.63) is 144 Å². The van der Waals surface area contributed by atoms with Gasteiger partial charge in [-0.25, -0.2) is 0 Å². The van der Waals surface area contributed by atoms with Gasteiger partial charge in [0.2, 0.25) is 70.9 Å². The molecule has 0 unspecified atom stereocenters. The van der Waals surface area contributed by atoms with Gasteiger partial charge < -0.3 is 128 Å². The number of guanidine groups is 3. The van der Waals surface area contributed by atoms with Crippen LogP contribution in [0.2, 0.25) is 0 Å². The average Bonchev–Trinajstić information content (AvgIpc) is 1.62. The Balaban J connectivity index is 0.0000190. The molecule has 0 saturated carbocycles. The van der Waals surface area contributed by atoms with Crippen molar-refractivity contribution in [3.8, 4) is 0 Å². The highest BCUT2D eigenvalue weighted by atomic mass is 35.5. The molecule has 0 radical (unpaired) electrons. The molecule has 4 aromatic heterocycles. The van der Waals surface area contributed by atoms with Crippen LogP contribution in [0, 0.1) is 28.1 Å². The normalized spacial score (nSPS) is 16.2. The van der Waals surface area contributed by atoms with Crippen LogP contribution in [0.3, 0.4) is 0 Å². The molecular formula is C90H128ClN27O12. The van der Waals surface area contributed by atoms with Gasteiger partial charge in [-0.3, -0.25) is 73.8 Å². The van der Waals surface area contributed by atoms with Crippen molar-refractivity contribution in [2.75, 3.05) is 39.3 Å². The molecule has 2 fully saturated rings. The van der Waals surface area contributed by atoms with E-state index in [1.807, 2.05) is 119 Å². The van der Waals surface area contributed by atoms with Crippen LogP contribution in [0.4, 0.5) is 0 Å². The SMILES string of the molecule is CC[C@H](C)[C@H](N)C(=O)N[C@@H](CC(C)C)C(=O)N[C@@H](CCCNC(=N)N)C(=O)N[C@@H](Cc1c[nH]c2ccccc12)C(=O)N1CCC[C@H]1C(=O)N[C@@H](Cc1c[nH]c2ccccc12)C(=O)N[C@@H](Cc1c[nH]c2ccccc12)C(=O)N1CCC[C@H]1C(=O)N[C@@H](Cc1c[nH]c2ccccc12)C(=O)N[C@@H](CCCNC(=N)N)C(=O)N[C@@H](CCCNC(=N)N)C(=O)N[C@@H](CCCCN)C(N)=O.Cl. The summed E-state index contributed by atoms with van der Waals surface area (Å²) in [6, 6.07) is 13.7. The molecule has 0 aliphatic carbocycles. The molecule has 4 aromatic carbocycles. The number of unbranched alkanes of at least 4 members (excludes halogenated alkanes) is 1. The lowest BCUT2D eigenvalue weighted by Crippen LogP contribution is -2.61.